The van der Waals surface area contributed by atoms with Crippen molar-refractivity contribution in [3.63, 3.8) is 0 Å². The lowest BCUT2D eigenvalue weighted by Crippen LogP contribution is -2.46. The molecule has 11 heteroatoms. The number of piperazine rings is 1. The Morgan fingerprint density at radius 2 is 1.78 bits per heavy atom. The zero-order valence-electron chi connectivity index (χ0n) is 16.8. The monoisotopic (exact) mass is 488 g/mol. The van der Waals surface area contributed by atoms with Crippen LogP contribution in [0.4, 0.5) is 5.69 Å². The summed E-state index contributed by atoms with van der Waals surface area (Å²) in [6.45, 7) is 3.48. The van der Waals surface area contributed by atoms with E-state index < -0.39 is 0 Å². The van der Waals surface area contributed by atoms with Gasteiger partial charge in [0.05, 0.1) is 23.3 Å². The highest BCUT2D eigenvalue weighted by atomic mass is 35.5. The van der Waals surface area contributed by atoms with Crippen molar-refractivity contribution in [2.24, 2.45) is 0 Å². The first-order valence-corrected chi connectivity index (χ1v) is 11.6. The molecule has 1 saturated heterocycles. The van der Waals surface area contributed by atoms with E-state index in [0.29, 0.717) is 41.0 Å². The van der Waals surface area contributed by atoms with Gasteiger partial charge in [-0.1, -0.05) is 23.2 Å². The lowest BCUT2D eigenvalue weighted by atomic mass is 10.2. The van der Waals surface area contributed by atoms with Crippen LogP contribution in [0.2, 0.25) is 10.0 Å². The second-order valence-corrected chi connectivity index (χ2v) is 9.13. The van der Waals surface area contributed by atoms with E-state index in [0.717, 1.165) is 18.8 Å². The molecule has 1 fully saturated rings. The summed E-state index contributed by atoms with van der Waals surface area (Å²) in [5.74, 6) is 0. The third kappa shape index (κ3) is 4.04. The Balaban J connectivity index is 1.29. The quantitative estimate of drug-likeness (QED) is 0.439. The maximum Gasteiger partial charge on any atom is 0.292 e. The number of hydrogen-bond donors (Lipinski definition) is 0. The van der Waals surface area contributed by atoms with Gasteiger partial charge >= 0.3 is 0 Å². The fourth-order valence-corrected chi connectivity index (χ4v) is 4.87. The summed E-state index contributed by atoms with van der Waals surface area (Å²) in [7, 11) is 0. The summed E-state index contributed by atoms with van der Waals surface area (Å²) in [6, 6.07) is 8.43. The van der Waals surface area contributed by atoms with Crippen LogP contribution in [0.15, 0.2) is 57.7 Å². The predicted molar refractivity (Wildman–Crippen MR) is 127 cm³/mol. The standard InChI is InChI=1S/C21H18Cl2N6O2S/c22-14-1-3-16(4-2-14)29-20(31)19(23)17(12-24-29)27-7-5-26(6-8-27)13-15-11-18(30)28-9-10-32-21(28)25-15/h1-4,9-12H,5-8,13H2. The molecule has 8 nitrogen and oxygen atoms in total. The van der Waals surface area contributed by atoms with Gasteiger partial charge in [-0.3, -0.25) is 18.9 Å². The Morgan fingerprint density at radius 1 is 1.03 bits per heavy atom. The zero-order valence-corrected chi connectivity index (χ0v) is 19.1. The van der Waals surface area contributed by atoms with E-state index in [1.165, 1.54) is 16.0 Å². The molecule has 0 N–H and O–H groups in total. The molecule has 0 radical (unpaired) electrons. The molecule has 1 aliphatic heterocycles. The first-order valence-electron chi connectivity index (χ1n) is 9.96. The van der Waals surface area contributed by atoms with Crippen molar-refractivity contribution in [3.05, 3.63) is 84.6 Å². The van der Waals surface area contributed by atoms with Crippen molar-refractivity contribution < 1.29 is 0 Å². The van der Waals surface area contributed by atoms with Gasteiger partial charge in [0, 0.05) is 55.4 Å². The van der Waals surface area contributed by atoms with E-state index in [9.17, 15) is 9.59 Å². The smallest absolute Gasteiger partial charge is 0.292 e. The fraction of sp³-hybridized carbons (Fsp3) is 0.238. The van der Waals surface area contributed by atoms with Crippen LogP contribution in [0, 0.1) is 0 Å². The molecule has 0 unspecified atom stereocenters. The molecule has 4 aromatic rings. The minimum Gasteiger partial charge on any atom is -0.366 e. The highest BCUT2D eigenvalue weighted by Crippen LogP contribution is 2.23. The molecule has 4 heterocycles. The molecule has 0 bridgehead atoms. The van der Waals surface area contributed by atoms with Gasteiger partial charge in [-0.05, 0) is 24.3 Å². The molecule has 1 aliphatic rings. The van der Waals surface area contributed by atoms with Gasteiger partial charge in [0.1, 0.15) is 5.02 Å². The Morgan fingerprint density at radius 3 is 2.53 bits per heavy atom. The predicted octanol–water partition coefficient (Wildman–Crippen LogP) is 2.93. The topological polar surface area (TPSA) is 75.7 Å². The first kappa shape index (κ1) is 21.1. The largest absolute Gasteiger partial charge is 0.366 e. The number of fused-ring (bicyclic) bond motifs is 1. The molecule has 5 rings (SSSR count). The Kier molecular flexibility index (Phi) is 5.73. The van der Waals surface area contributed by atoms with E-state index >= 15 is 0 Å². The van der Waals surface area contributed by atoms with Gasteiger partial charge in [0.25, 0.3) is 11.1 Å². The zero-order chi connectivity index (χ0) is 22.2. The average molecular weight is 489 g/mol. The van der Waals surface area contributed by atoms with Crippen molar-refractivity contribution in [1.82, 2.24) is 24.1 Å². The first-order chi connectivity index (χ1) is 15.5. The van der Waals surface area contributed by atoms with E-state index in [2.05, 4.69) is 19.9 Å². The molecule has 1 aromatic carbocycles. The highest BCUT2D eigenvalue weighted by Gasteiger charge is 2.22. The third-order valence-electron chi connectivity index (χ3n) is 5.43. The highest BCUT2D eigenvalue weighted by molar-refractivity contribution is 7.15. The Hall–Kier alpha value is -2.72. The van der Waals surface area contributed by atoms with E-state index in [1.807, 2.05) is 5.38 Å². The van der Waals surface area contributed by atoms with Gasteiger partial charge in [-0.2, -0.15) is 9.78 Å². The maximum absolute atomic E-state index is 12.8. The van der Waals surface area contributed by atoms with Crippen molar-refractivity contribution in [2.45, 2.75) is 6.54 Å². The van der Waals surface area contributed by atoms with Crippen molar-refractivity contribution in [1.29, 1.82) is 0 Å². The van der Waals surface area contributed by atoms with E-state index in [-0.39, 0.29) is 16.1 Å². The second kappa shape index (κ2) is 8.67. The molecule has 3 aromatic heterocycles. The van der Waals surface area contributed by atoms with Crippen molar-refractivity contribution >= 4 is 45.2 Å². The number of rotatable bonds is 4. The van der Waals surface area contributed by atoms with Crippen molar-refractivity contribution in [2.75, 3.05) is 31.1 Å². The van der Waals surface area contributed by atoms with Gasteiger partial charge in [-0.15, -0.1) is 11.3 Å². The molecule has 0 aliphatic carbocycles. The molecule has 0 amide bonds. The van der Waals surface area contributed by atoms with Crippen LogP contribution >= 0.6 is 34.5 Å². The number of anilines is 1. The van der Waals surface area contributed by atoms with Crippen LogP contribution in [-0.4, -0.2) is 50.2 Å². The average Bonchev–Trinajstić information content (AvgIpc) is 3.26. The van der Waals surface area contributed by atoms with Crippen LogP contribution < -0.4 is 16.0 Å². The summed E-state index contributed by atoms with van der Waals surface area (Å²) in [6.07, 6.45) is 3.36. The van der Waals surface area contributed by atoms with Crippen molar-refractivity contribution in [3.8, 4) is 5.69 Å². The van der Waals surface area contributed by atoms with Gasteiger partial charge in [0.15, 0.2) is 4.96 Å². The van der Waals surface area contributed by atoms with Gasteiger partial charge < -0.3 is 4.90 Å². The number of nitrogens with zero attached hydrogens (tertiary/aromatic N) is 6. The molecular formula is C21H18Cl2N6O2S. The molecule has 0 spiro atoms. The van der Waals surface area contributed by atoms with E-state index in [1.54, 1.807) is 47.1 Å². The number of hydrogen-bond acceptors (Lipinski definition) is 7. The number of aromatic nitrogens is 4. The molecule has 0 saturated carbocycles. The number of halogens is 2. The summed E-state index contributed by atoms with van der Waals surface area (Å²) in [4.78, 5) is 34.6. The van der Waals surface area contributed by atoms with Gasteiger partial charge in [0.2, 0.25) is 0 Å². The SMILES string of the molecule is O=c1c(Cl)c(N2CCN(Cc3cc(=O)n4ccsc4n3)CC2)cnn1-c1ccc(Cl)cc1. The van der Waals surface area contributed by atoms with Gasteiger partial charge in [-0.25, -0.2) is 4.98 Å². The summed E-state index contributed by atoms with van der Waals surface area (Å²) < 4.78 is 2.82. The Bertz CT molecular complexity index is 1390. The van der Waals surface area contributed by atoms with Crippen LogP contribution in [0.5, 0.6) is 0 Å². The number of benzene rings is 1. The fourth-order valence-electron chi connectivity index (χ4n) is 3.76. The summed E-state index contributed by atoms with van der Waals surface area (Å²) in [5.41, 5.74) is 1.55. The minimum absolute atomic E-state index is 0.0657. The van der Waals surface area contributed by atoms with E-state index in [4.69, 9.17) is 23.2 Å². The number of thiazole rings is 1. The normalized spacial score (nSPS) is 14.9. The Labute approximate surface area is 196 Å². The summed E-state index contributed by atoms with van der Waals surface area (Å²) >= 11 is 13.8. The molecular weight excluding hydrogens is 471 g/mol. The lowest BCUT2D eigenvalue weighted by molar-refractivity contribution is 0.247. The summed E-state index contributed by atoms with van der Waals surface area (Å²) in [5, 5.41) is 6.88. The molecule has 32 heavy (non-hydrogen) atoms. The minimum atomic E-state index is -0.372. The maximum atomic E-state index is 12.8. The molecule has 0 atom stereocenters. The van der Waals surface area contributed by atoms with Crippen LogP contribution in [0.3, 0.4) is 0 Å². The van der Waals surface area contributed by atoms with Crippen LogP contribution in [-0.2, 0) is 6.54 Å². The third-order valence-corrected chi connectivity index (χ3v) is 6.79. The molecule has 164 valence electrons. The van der Waals surface area contributed by atoms with Crippen LogP contribution in [0.1, 0.15) is 5.69 Å². The lowest BCUT2D eigenvalue weighted by Gasteiger charge is -2.36. The van der Waals surface area contributed by atoms with Crippen LogP contribution in [0.25, 0.3) is 10.6 Å². The second-order valence-electron chi connectivity index (χ2n) is 7.44.